The van der Waals surface area contributed by atoms with Gasteiger partial charge in [0, 0.05) is 11.4 Å². The van der Waals surface area contributed by atoms with Crippen LogP contribution in [0.1, 0.15) is 18.9 Å². The third-order valence-electron chi connectivity index (χ3n) is 1.44. The van der Waals surface area contributed by atoms with Crippen molar-refractivity contribution in [2.75, 3.05) is 11.5 Å². The Labute approximate surface area is 67.2 Å². The highest BCUT2D eigenvalue weighted by Crippen LogP contribution is 2.15. The first-order valence-corrected chi connectivity index (χ1v) is 3.71. The highest BCUT2D eigenvalue weighted by Gasteiger charge is 1.94. The molecule has 1 aromatic carbocycles. The van der Waals surface area contributed by atoms with E-state index in [9.17, 15) is 0 Å². The molecule has 0 amide bonds. The molecule has 2 heteroatoms. The number of benzene rings is 1. The summed E-state index contributed by atoms with van der Waals surface area (Å²) in [5, 5.41) is 0. The van der Waals surface area contributed by atoms with Crippen LogP contribution in [0.4, 0.5) is 11.4 Å². The van der Waals surface area contributed by atoms with E-state index in [1.165, 1.54) is 0 Å². The van der Waals surface area contributed by atoms with Crippen LogP contribution >= 0.6 is 0 Å². The van der Waals surface area contributed by atoms with Gasteiger partial charge in [-0.2, -0.15) is 0 Å². The van der Waals surface area contributed by atoms with E-state index in [-0.39, 0.29) is 0 Å². The Kier molecular flexibility index (Phi) is 2.36. The lowest BCUT2D eigenvalue weighted by Gasteiger charge is -2.01. The third-order valence-corrected chi connectivity index (χ3v) is 1.44. The van der Waals surface area contributed by atoms with Crippen molar-refractivity contribution in [2.24, 2.45) is 0 Å². The summed E-state index contributed by atoms with van der Waals surface area (Å²) in [6.45, 7) is 2.08. The Bertz CT molecular complexity index is 223. The van der Waals surface area contributed by atoms with Gasteiger partial charge in [-0.15, -0.1) is 0 Å². The molecular weight excluding hydrogens is 136 g/mol. The van der Waals surface area contributed by atoms with Gasteiger partial charge in [-0.05, 0) is 36.6 Å². The van der Waals surface area contributed by atoms with Gasteiger partial charge in [0.15, 0.2) is 0 Å². The molecule has 0 saturated heterocycles. The summed E-state index contributed by atoms with van der Waals surface area (Å²) in [7, 11) is 0. The van der Waals surface area contributed by atoms with Gasteiger partial charge in [0.1, 0.15) is 0 Å². The van der Waals surface area contributed by atoms with E-state index in [4.69, 9.17) is 11.5 Å². The van der Waals surface area contributed by atoms with Gasteiger partial charge in [-0.3, -0.25) is 0 Å². The second kappa shape index (κ2) is 3.28. The molecule has 0 aliphatic heterocycles. The molecule has 0 saturated carbocycles. The van der Waals surface area contributed by atoms with Gasteiger partial charge in [0.2, 0.25) is 0 Å². The van der Waals surface area contributed by atoms with Crippen LogP contribution in [0.5, 0.6) is 0 Å². The van der Waals surface area contributed by atoms with Crippen molar-refractivity contribution >= 4 is 11.4 Å². The lowest BCUT2D eigenvalue weighted by atomic mass is 10.1. The molecule has 4 N–H and O–H groups in total. The number of nitrogens with two attached hydrogens (primary N) is 2. The second-order valence-corrected chi connectivity index (χ2v) is 2.55. The number of hydrogen-bond donors (Lipinski definition) is 2. The molecule has 0 aliphatic carbocycles. The quantitative estimate of drug-likeness (QED) is 0.630. The van der Waals surface area contributed by atoms with Crippen molar-refractivity contribution in [3.8, 4) is 0 Å². The molecule has 0 fully saturated rings. The fourth-order valence-corrected chi connectivity index (χ4v) is 1.06. The number of anilines is 2. The van der Waals surface area contributed by atoms with Crippen LogP contribution in [0.2, 0.25) is 0 Å². The Morgan fingerprint density at radius 1 is 1.18 bits per heavy atom. The van der Waals surface area contributed by atoms with Crippen LogP contribution in [-0.2, 0) is 0 Å². The smallest absolute Gasteiger partial charge is 0.0337 e. The molecule has 2 nitrogen and oxygen atoms in total. The van der Waals surface area contributed by atoms with Crippen molar-refractivity contribution in [3.63, 3.8) is 0 Å². The van der Waals surface area contributed by atoms with Crippen molar-refractivity contribution < 1.29 is 0 Å². The normalized spacial score (nSPS) is 9.91. The molecule has 0 unspecified atom stereocenters. The summed E-state index contributed by atoms with van der Waals surface area (Å²) in [6, 6.07) is 5.59. The summed E-state index contributed by atoms with van der Waals surface area (Å²) in [4.78, 5) is 0. The van der Waals surface area contributed by atoms with Crippen molar-refractivity contribution in [2.45, 2.75) is 13.3 Å². The summed E-state index contributed by atoms with van der Waals surface area (Å²) in [5.74, 6) is 0. The molecule has 59 valence electrons. The minimum atomic E-state index is 0.727. The van der Waals surface area contributed by atoms with Crippen LogP contribution in [-0.4, -0.2) is 0 Å². The van der Waals surface area contributed by atoms with E-state index < -0.39 is 0 Å². The maximum absolute atomic E-state index is 5.59. The number of rotatable bonds is 2. The standard InChI is InChI=1S/C9H13N2/c1-2-3-7-4-8(10)6-9(11)5-7/h3-6H,2,10-11H2,1H3. The molecule has 1 aromatic rings. The molecule has 0 aromatic heterocycles. The van der Waals surface area contributed by atoms with E-state index in [1.807, 2.05) is 12.1 Å². The minimum Gasteiger partial charge on any atom is -0.399 e. The molecule has 1 rings (SSSR count). The zero-order valence-electron chi connectivity index (χ0n) is 6.67. The zero-order chi connectivity index (χ0) is 8.27. The summed E-state index contributed by atoms with van der Waals surface area (Å²) in [6.07, 6.45) is 3.09. The minimum absolute atomic E-state index is 0.727. The van der Waals surface area contributed by atoms with Gasteiger partial charge in [-0.1, -0.05) is 6.92 Å². The van der Waals surface area contributed by atoms with Gasteiger partial charge < -0.3 is 11.5 Å². The summed E-state index contributed by atoms with van der Waals surface area (Å²) >= 11 is 0. The maximum Gasteiger partial charge on any atom is 0.0337 e. The zero-order valence-corrected chi connectivity index (χ0v) is 6.67. The number of hydrogen-bond acceptors (Lipinski definition) is 2. The van der Waals surface area contributed by atoms with Crippen LogP contribution in [0.15, 0.2) is 18.2 Å². The van der Waals surface area contributed by atoms with Crippen LogP contribution < -0.4 is 11.5 Å². The lowest BCUT2D eigenvalue weighted by Crippen LogP contribution is -1.92. The molecule has 1 radical (unpaired) electrons. The molecule has 0 atom stereocenters. The topological polar surface area (TPSA) is 52.0 Å². The molecule has 0 bridgehead atoms. The highest BCUT2D eigenvalue weighted by molar-refractivity contribution is 5.55. The first kappa shape index (κ1) is 7.92. The van der Waals surface area contributed by atoms with Crippen molar-refractivity contribution in [1.29, 1.82) is 0 Å². The SMILES string of the molecule is CC[CH]c1cc(N)cc(N)c1. The molecule has 0 spiro atoms. The average Bonchev–Trinajstić information content (AvgIpc) is 1.85. The highest BCUT2D eigenvalue weighted by atomic mass is 14.6. The van der Waals surface area contributed by atoms with Crippen molar-refractivity contribution in [3.05, 3.63) is 30.2 Å². The monoisotopic (exact) mass is 149 g/mol. The largest absolute Gasteiger partial charge is 0.399 e. The van der Waals surface area contributed by atoms with Gasteiger partial charge in [-0.25, -0.2) is 0 Å². The third kappa shape index (κ3) is 2.15. The van der Waals surface area contributed by atoms with Crippen LogP contribution in [0, 0.1) is 6.42 Å². The number of nitrogen functional groups attached to an aromatic ring is 2. The lowest BCUT2D eigenvalue weighted by molar-refractivity contribution is 1.12. The van der Waals surface area contributed by atoms with Gasteiger partial charge >= 0.3 is 0 Å². The fraction of sp³-hybridized carbons (Fsp3) is 0.222. The second-order valence-electron chi connectivity index (χ2n) is 2.55. The van der Waals surface area contributed by atoms with E-state index in [1.54, 1.807) is 6.07 Å². The Morgan fingerprint density at radius 3 is 2.18 bits per heavy atom. The first-order chi connectivity index (χ1) is 5.22. The van der Waals surface area contributed by atoms with Crippen LogP contribution in [0.3, 0.4) is 0 Å². The molecule has 11 heavy (non-hydrogen) atoms. The molecular formula is C9H13N2. The Morgan fingerprint density at radius 2 is 1.73 bits per heavy atom. The predicted molar refractivity (Wildman–Crippen MR) is 49.0 cm³/mol. The fourth-order valence-electron chi connectivity index (χ4n) is 1.06. The Hall–Kier alpha value is -1.18. The van der Waals surface area contributed by atoms with Crippen molar-refractivity contribution in [1.82, 2.24) is 0 Å². The Balaban J connectivity index is 2.89. The van der Waals surface area contributed by atoms with Crippen LogP contribution in [0.25, 0.3) is 0 Å². The maximum atomic E-state index is 5.59. The summed E-state index contributed by atoms with van der Waals surface area (Å²) < 4.78 is 0. The van der Waals surface area contributed by atoms with E-state index in [2.05, 4.69) is 13.3 Å². The first-order valence-electron chi connectivity index (χ1n) is 3.71. The van der Waals surface area contributed by atoms with E-state index in [0.29, 0.717) is 0 Å². The predicted octanol–water partition coefficient (Wildman–Crippen LogP) is 1.81. The molecule has 0 heterocycles. The average molecular weight is 149 g/mol. The molecule has 0 aliphatic rings. The van der Waals surface area contributed by atoms with Gasteiger partial charge in [0.25, 0.3) is 0 Å². The van der Waals surface area contributed by atoms with E-state index >= 15 is 0 Å². The summed E-state index contributed by atoms with van der Waals surface area (Å²) in [5.41, 5.74) is 13.7. The van der Waals surface area contributed by atoms with Gasteiger partial charge in [0.05, 0.1) is 0 Å². The van der Waals surface area contributed by atoms with E-state index in [0.717, 1.165) is 23.4 Å².